The van der Waals surface area contributed by atoms with E-state index in [1.54, 1.807) is 0 Å². The van der Waals surface area contributed by atoms with Gasteiger partial charge in [0, 0.05) is 5.38 Å². The largest absolute Gasteiger partial charge is 0.398 e. The second kappa shape index (κ2) is 6.10. The Balaban J connectivity index is 2.15. The summed E-state index contributed by atoms with van der Waals surface area (Å²) in [7, 11) is -3.44. The fourth-order valence-corrected chi connectivity index (χ4v) is 3.44. The van der Waals surface area contributed by atoms with Gasteiger partial charge in [0.25, 0.3) is 11.8 Å². The molecule has 0 saturated carbocycles. The molecule has 1 aliphatic rings. The first-order valence-corrected chi connectivity index (χ1v) is 8.38. The molecule has 1 aromatic heterocycles. The van der Waals surface area contributed by atoms with Crippen LogP contribution in [-0.2, 0) is 24.7 Å². The first-order valence-electron chi connectivity index (χ1n) is 6.11. The SMILES string of the molecule is CON=C(C(=O)N[C@H]1C(=O)N(S(=O)(=O)O)[C@H]1C)c1csc(N)n1. The lowest BCUT2D eigenvalue weighted by atomic mass is 10.0. The summed E-state index contributed by atoms with van der Waals surface area (Å²) in [4.78, 5) is 32.4. The van der Waals surface area contributed by atoms with E-state index in [1.165, 1.54) is 19.4 Å². The number of nitrogens with zero attached hydrogens (tertiary/aromatic N) is 3. The zero-order valence-electron chi connectivity index (χ0n) is 12.0. The monoisotopic (exact) mass is 363 g/mol. The summed E-state index contributed by atoms with van der Waals surface area (Å²) in [5.41, 5.74) is 5.42. The van der Waals surface area contributed by atoms with Crippen LogP contribution in [0.5, 0.6) is 0 Å². The number of β-lactam (4-membered cyclic amide) rings is 1. The average Bonchev–Trinajstić information content (AvgIpc) is 2.86. The van der Waals surface area contributed by atoms with Crippen molar-refractivity contribution in [3.8, 4) is 0 Å². The van der Waals surface area contributed by atoms with Crippen LogP contribution in [0.15, 0.2) is 10.5 Å². The van der Waals surface area contributed by atoms with E-state index in [4.69, 9.17) is 10.3 Å². The summed E-state index contributed by atoms with van der Waals surface area (Å²) in [6.07, 6.45) is 0. The van der Waals surface area contributed by atoms with E-state index in [9.17, 15) is 18.0 Å². The molecule has 1 fully saturated rings. The molecule has 126 valence electrons. The summed E-state index contributed by atoms with van der Waals surface area (Å²) in [6, 6.07) is -2.06. The molecule has 0 bridgehead atoms. The number of thiazole rings is 1. The van der Waals surface area contributed by atoms with Crippen molar-refractivity contribution in [2.24, 2.45) is 5.16 Å². The van der Waals surface area contributed by atoms with E-state index in [2.05, 4.69) is 20.3 Å². The van der Waals surface area contributed by atoms with Gasteiger partial charge in [-0.2, -0.15) is 8.42 Å². The number of rotatable bonds is 5. The van der Waals surface area contributed by atoms with Crippen LogP contribution in [0.25, 0.3) is 0 Å². The lowest BCUT2D eigenvalue weighted by Crippen LogP contribution is -2.71. The Hall–Kier alpha value is -2.25. The van der Waals surface area contributed by atoms with E-state index >= 15 is 0 Å². The standard InChI is InChI=1S/C10H13N5O6S2/c1-4-6(9(17)15(4)23(18,19)20)13-8(16)7(14-21-2)5-3-22-10(11)12-5/h3-4,6H,1-2H3,(H2,11,12)(H,13,16)(H,18,19,20)/t4-,6+/m0/s1. The summed E-state index contributed by atoms with van der Waals surface area (Å²) >= 11 is 1.08. The number of nitrogens with one attached hydrogen (secondary N) is 1. The second-order valence-electron chi connectivity index (χ2n) is 4.50. The quantitative estimate of drug-likeness (QED) is 0.248. The molecule has 1 aliphatic heterocycles. The minimum Gasteiger partial charge on any atom is -0.398 e. The number of nitrogens with two attached hydrogens (primary N) is 1. The molecule has 2 atom stereocenters. The number of aromatic nitrogens is 1. The van der Waals surface area contributed by atoms with Gasteiger partial charge in [0.2, 0.25) is 0 Å². The van der Waals surface area contributed by atoms with Crippen LogP contribution in [0, 0.1) is 0 Å². The van der Waals surface area contributed by atoms with Crippen LogP contribution in [0.1, 0.15) is 12.6 Å². The van der Waals surface area contributed by atoms with Crippen molar-refractivity contribution >= 4 is 44.3 Å². The summed E-state index contributed by atoms with van der Waals surface area (Å²) in [5, 5.41) is 7.54. The van der Waals surface area contributed by atoms with Crippen LogP contribution in [0.2, 0.25) is 0 Å². The Bertz CT molecular complexity index is 772. The van der Waals surface area contributed by atoms with Crippen LogP contribution >= 0.6 is 11.3 Å². The van der Waals surface area contributed by atoms with Gasteiger partial charge in [0.05, 0.1) is 6.04 Å². The third-order valence-corrected chi connectivity index (χ3v) is 4.72. The first-order chi connectivity index (χ1) is 10.7. The van der Waals surface area contributed by atoms with Gasteiger partial charge in [0.15, 0.2) is 10.8 Å². The molecule has 2 heterocycles. The van der Waals surface area contributed by atoms with Gasteiger partial charge in [-0.1, -0.05) is 5.16 Å². The van der Waals surface area contributed by atoms with E-state index in [1.807, 2.05) is 0 Å². The smallest absolute Gasteiger partial charge is 0.362 e. The minimum atomic E-state index is -4.66. The van der Waals surface area contributed by atoms with Crippen molar-refractivity contribution in [3.63, 3.8) is 0 Å². The highest BCUT2D eigenvalue weighted by Gasteiger charge is 2.51. The van der Waals surface area contributed by atoms with Crippen LogP contribution in [0.4, 0.5) is 5.13 Å². The highest BCUT2D eigenvalue weighted by molar-refractivity contribution is 7.84. The summed E-state index contributed by atoms with van der Waals surface area (Å²) < 4.78 is 31.2. The van der Waals surface area contributed by atoms with Crippen molar-refractivity contribution in [2.45, 2.75) is 19.0 Å². The van der Waals surface area contributed by atoms with Gasteiger partial charge in [0.1, 0.15) is 18.8 Å². The van der Waals surface area contributed by atoms with Gasteiger partial charge >= 0.3 is 10.3 Å². The van der Waals surface area contributed by atoms with Gasteiger partial charge in [-0.25, -0.2) is 9.29 Å². The molecular weight excluding hydrogens is 350 g/mol. The molecule has 11 nitrogen and oxygen atoms in total. The summed E-state index contributed by atoms with van der Waals surface area (Å²) in [5.74, 6) is -1.75. The number of anilines is 1. The molecule has 1 saturated heterocycles. The molecule has 13 heteroatoms. The number of carbonyl (C=O) groups excluding carboxylic acids is 2. The van der Waals surface area contributed by atoms with Crippen LogP contribution in [-0.4, -0.2) is 59.0 Å². The minimum absolute atomic E-state index is 0.151. The second-order valence-corrected chi connectivity index (χ2v) is 6.68. The Morgan fingerprint density at radius 1 is 1.61 bits per heavy atom. The molecule has 0 aromatic carbocycles. The number of hydrogen-bond donors (Lipinski definition) is 3. The third kappa shape index (κ3) is 3.25. The summed E-state index contributed by atoms with van der Waals surface area (Å²) in [6.45, 7) is 1.36. The normalized spacial score (nSPS) is 21.8. The van der Waals surface area contributed by atoms with Crippen LogP contribution in [0.3, 0.4) is 0 Å². The maximum absolute atomic E-state index is 12.2. The zero-order valence-corrected chi connectivity index (χ0v) is 13.6. The van der Waals surface area contributed by atoms with Gasteiger partial charge in [-0.05, 0) is 6.92 Å². The number of nitrogen functional groups attached to an aromatic ring is 1. The molecule has 23 heavy (non-hydrogen) atoms. The van der Waals surface area contributed by atoms with Gasteiger partial charge in [-0.15, -0.1) is 11.3 Å². The number of amides is 2. The van der Waals surface area contributed by atoms with Gasteiger partial charge in [-0.3, -0.25) is 14.1 Å². The van der Waals surface area contributed by atoms with Gasteiger partial charge < -0.3 is 15.9 Å². The maximum Gasteiger partial charge on any atom is 0.362 e. The fraction of sp³-hybridized carbons (Fsp3) is 0.400. The van der Waals surface area contributed by atoms with Crippen molar-refractivity contribution in [1.82, 2.24) is 14.6 Å². The van der Waals surface area contributed by atoms with Crippen molar-refractivity contribution in [3.05, 3.63) is 11.1 Å². The van der Waals surface area contributed by atoms with Crippen molar-refractivity contribution in [1.29, 1.82) is 0 Å². The highest BCUT2D eigenvalue weighted by atomic mass is 32.2. The lowest BCUT2D eigenvalue weighted by Gasteiger charge is -2.42. The molecule has 0 unspecified atom stereocenters. The molecule has 2 rings (SSSR count). The third-order valence-electron chi connectivity index (χ3n) is 3.03. The molecule has 4 N–H and O–H groups in total. The Labute approximate surface area is 135 Å². The average molecular weight is 363 g/mol. The van der Waals surface area contributed by atoms with E-state index in [0.29, 0.717) is 0 Å². The number of carbonyl (C=O) groups is 2. The molecular formula is C10H13N5O6S2. The Morgan fingerprint density at radius 3 is 2.70 bits per heavy atom. The van der Waals surface area contributed by atoms with Crippen LogP contribution < -0.4 is 11.1 Å². The molecule has 0 aliphatic carbocycles. The van der Waals surface area contributed by atoms with E-state index in [-0.39, 0.29) is 20.8 Å². The predicted molar refractivity (Wildman–Crippen MR) is 79.9 cm³/mol. The number of oxime groups is 1. The maximum atomic E-state index is 12.2. The predicted octanol–water partition coefficient (Wildman–Crippen LogP) is -1.41. The topological polar surface area (TPSA) is 164 Å². The zero-order chi connectivity index (χ0) is 17.4. The number of hydrogen-bond acceptors (Lipinski definition) is 9. The van der Waals surface area contributed by atoms with E-state index in [0.717, 1.165) is 11.3 Å². The van der Waals surface area contributed by atoms with Crippen molar-refractivity contribution in [2.75, 3.05) is 12.8 Å². The molecule has 2 amide bonds. The molecule has 1 aromatic rings. The first kappa shape index (κ1) is 17.1. The molecule has 0 spiro atoms. The Kier molecular flexibility index (Phi) is 4.53. The highest BCUT2D eigenvalue weighted by Crippen LogP contribution is 2.23. The molecule has 0 radical (unpaired) electrons. The lowest BCUT2D eigenvalue weighted by molar-refractivity contribution is -0.143. The fourth-order valence-electron chi connectivity index (χ4n) is 2.01. The Morgan fingerprint density at radius 2 is 2.26 bits per heavy atom. The van der Waals surface area contributed by atoms with Crippen molar-refractivity contribution < 1.29 is 27.4 Å². The van der Waals surface area contributed by atoms with E-state index < -0.39 is 34.2 Å².